The highest BCUT2D eigenvalue weighted by Gasteiger charge is 2.50. The smallest absolute Gasteiger partial charge is 0.264 e. The number of carbonyl (C=O) groups excluding carboxylic acids is 1. The molecule has 0 aromatic heterocycles. The van der Waals surface area contributed by atoms with E-state index in [9.17, 15) is 10.1 Å². The van der Waals surface area contributed by atoms with E-state index in [-0.39, 0.29) is 17.4 Å². The van der Waals surface area contributed by atoms with Gasteiger partial charge in [0.25, 0.3) is 5.91 Å². The molecule has 0 spiro atoms. The normalized spacial score (nSPS) is 32.0. The fraction of sp³-hybridized carbons (Fsp3) is 0.556. The molecule has 23 heavy (non-hydrogen) atoms. The predicted octanol–water partition coefficient (Wildman–Crippen LogP) is 3.92. The van der Waals surface area contributed by atoms with Crippen molar-refractivity contribution in [3.05, 3.63) is 28.2 Å². The van der Waals surface area contributed by atoms with Crippen LogP contribution in [0.5, 0.6) is 0 Å². The average Bonchev–Trinajstić information content (AvgIpc) is 2.69. The summed E-state index contributed by atoms with van der Waals surface area (Å²) in [5, 5.41) is 16.1. The Morgan fingerprint density at radius 3 is 2.78 bits per heavy atom. The second-order valence-corrected chi connectivity index (χ2v) is 8.68. The fourth-order valence-electron chi connectivity index (χ4n) is 4.32. The van der Waals surface area contributed by atoms with Crippen LogP contribution >= 0.6 is 15.9 Å². The SMILES string of the molecule is CC1CC(NC2(C#N)C(=O)Nc3ccc(Br)cc32)CC(C)(C)C1. The summed E-state index contributed by atoms with van der Waals surface area (Å²) < 4.78 is 0.867. The molecule has 1 saturated carbocycles. The van der Waals surface area contributed by atoms with E-state index in [1.807, 2.05) is 18.2 Å². The standard InChI is InChI=1S/C18H22BrN3O/c1-11-6-13(9-17(2,3)8-11)22-18(10-20)14-7-12(19)4-5-15(14)21-16(18)23/h4-5,7,11,13,22H,6,8-9H2,1-3H3,(H,21,23). The summed E-state index contributed by atoms with van der Waals surface area (Å²) in [6, 6.07) is 7.99. The molecule has 1 heterocycles. The van der Waals surface area contributed by atoms with Gasteiger partial charge in [0.2, 0.25) is 5.54 Å². The Morgan fingerprint density at radius 1 is 1.39 bits per heavy atom. The highest BCUT2D eigenvalue weighted by Crippen LogP contribution is 2.42. The lowest BCUT2D eigenvalue weighted by atomic mass is 9.70. The van der Waals surface area contributed by atoms with Crippen molar-refractivity contribution in [3.8, 4) is 6.07 Å². The Balaban J connectivity index is 1.96. The molecule has 1 fully saturated rings. The Bertz CT molecular complexity index is 694. The summed E-state index contributed by atoms with van der Waals surface area (Å²) >= 11 is 3.44. The number of amides is 1. The molecule has 4 nitrogen and oxygen atoms in total. The second-order valence-electron chi connectivity index (χ2n) is 7.76. The van der Waals surface area contributed by atoms with E-state index < -0.39 is 5.54 Å². The molecule has 0 radical (unpaired) electrons. The third-order valence-electron chi connectivity index (χ3n) is 4.95. The van der Waals surface area contributed by atoms with Crippen LogP contribution in [0.3, 0.4) is 0 Å². The third-order valence-corrected chi connectivity index (χ3v) is 5.44. The van der Waals surface area contributed by atoms with Crippen LogP contribution in [0, 0.1) is 22.7 Å². The fourth-order valence-corrected chi connectivity index (χ4v) is 4.68. The maximum Gasteiger partial charge on any atom is 0.264 e. The number of halogens is 1. The number of nitrogens with one attached hydrogen (secondary N) is 2. The van der Waals surface area contributed by atoms with Gasteiger partial charge in [-0.3, -0.25) is 10.1 Å². The van der Waals surface area contributed by atoms with Crippen molar-refractivity contribution in [2.75, 3.05) is 5.32 Å². The van der Waals surface area contributed by atoms with Crippen LogP contribution in [-0.2, 0) is 10.3 Å². The van der Waals surface area contributed by atoms with E-state index >= 15 is 0 Å². The number of benzene rings is 1. The van der Waals surface area contributed by atoms with E-state index in [2.05, 4.69) is 53.4 Å². The van der Waals surface area contributed by atoms with Crippen molar-refractivity contribution in [2.45, 2.75) is 51.6 Å². The first-order chi connectivity index (χ1) is 10.8. The summed E-state index contributed by atoms with van der Waals surface area (Å²) in [5.74, 6) is 0.308. The van der Waals surface area contributed by atoms with Crippen molar-refractivity contribution in [3.63, 3.8) is 0 Å². The quantitative estimate of drug-likeness (QED) is 0.822. The molecule has 2 aliphatic rings. The largest absolute Gasteiger partial charge is 0.323 e. The summed E-state index contributed by atoms with van der Waals surface area (Å²) in [6.45, 7) is 6.76. The summed E-state index contributed by atoms with van der Waals surface area (Å²) in [5.41, 5.74) is 0.365. The Morgan fingerprint density at radius 2 is 2.13 bits per heavy atom. The highest BCUT2D eigenvalue weighted by molar-refractivity contribution is 9.10. The number of fused-ring (bicyclic) bond motifs is 1. The number of rotatable bonds is 2. The van der Waals surface area contributed by atoms with Gasteiger partial charge in [-0.2, -0.15) is 5.26 Å². The van der Waals surface area contributed by atoms with Crippen molar-refractivity contribution in [2.24, 2.45) is 11.3 Å². The zero-order valence-electron chi connectivity index (χ0n) is 13.7. The van der Waals surface area contributed by atoms with Crippen LogP contribution in [0.4, 0.5) is 5.69 Å². The van der Waals surface area contributed by atoms with Crippen molar-refractivity contribution >= 4 is 27.5 Å². The molecule has 1 aromatic carbocycles. The zero-order chi connectivity index (χ0) is 16.8. The van der Waals surface area contributed by atoms with E-state index in [0.29, 0.717) is 5.92 Å². The molecule has 0 saturated heterocycles. The molecule has 3 unspecified atom stereocenters. The van der Waals surface area contributed by atoms with Crippen molar-refractivity contribution < 1.29 is 4.79 Å². The van der Waals surface area contributed by atoms with Crippen LogP contribution in [-0.4, -0.2) is 11.9 Å². The lowest BCUT2D eigenvalue weighted by Crippen LogP contribution is -2.54. The minimum atomic E-state index is -1.29. The van der Waals surface area contributed by atoms with E-state index in [1.54, 1.807) is 0 Å². The number of hydrogen-bond acceptors (Lipinski definition) is 3. The molecule has 0 bridgehead atoms. The Labute approximate surface area is 145 Å². The summed E-state index contributed by atoms with van der Waals surface area (Å²) in [7, 11) is 0. The summed E-state index contributed by atoms with van der Waals surface area (Å²) in [4.78, 5) is 12.6. The predicted molar refractivity (Wildman–Crippen MR) is 93.8 cm³/mol. The molecule has 2 N–H and O–H groups in total. The molecule has 3 atom stereocenters. The molecule has 1 aromatic rings. The number of hydrogen-bond donors (Lipinski definition) is 2. The monoisotopic (exact) mass is 375 g/mol. The Kier molecular flexibility index (Phi) is 4.02. The number of carbonyl (C=O) groups is 1. The number of nitrogens with zero attached hydrogens (tertiary/aromatic N) is 1. The van der Waals surface area contributed by atoms with E-state index in [0.717, 1.165) is 28.6 Å². The van der Waals surface area contributed by atoms with Gasteiger partial charge in [-0.15, -0.1) is 0 Å². The van der Waals surface area contributed by atoms with Crippen LogP contribution in [0.1, 0.15) is 45.6 Å². The van der Waals surface area contributed by atoms with Crippen LogP contribution in [0.15, 0.2) is 22.7 Å². The molecule has 3 rings (SSSR count). The molecular formula is C18H22BrN3O. The van der Waals surface area contributed by atoms with Crippen LogP contribution < -0.4 is 10.6 Å². The number of nitriles is 1. The van der Waals surface area contributed by atoms with Crippen molar-refractivity contribution in [1.82, 2.24) is 5.32 Å². The van der Waals surface area contributed by atoms with Crippen LogP contribution in [0.2, 0.25) is 0 Å². The Hall–Kier alpha value is -1.38. The topological polar surface area (TPSA) is 64.9 Å². The number of anilines is 1. The van der Waals surface area contributed by atoms with Gasteiger partial charge in [0.15, 0.2) is 0 Å². The maximum atomic E-state index is 12.6. The van der Waals surface area contributed by atoms with Crippen LogP contribution in [0.25, 0.3) is 0 Å². The van der Waals surface area contributed by atoms with Gasteiger partial charge in [-0.05, 0) is 48.8 Å². The highest BCUT2D eigenvalue weighted by atomic mass is 79.9. The third kappa shape index (κ3) is 2.90. The lowest BCUT2D eigenvalue weighted by Gasteiger charge is -2.41. The van der Waals surface area contributed by atoms with Gasteiger partial charge >= 0.3 is 0 Å². The lowest BCUT2D eigenvalue weighted by molar-refractivity contribution is -0.120. The van der Waals surface area contributed by atoms with Gasteiger partial charge in [-0.25, -0.2) is 0 Å². The minimum absolute atomic E-state index is 0.157. The first-order valence-corrected chi connectivity index (χ1v) is 8.85. The molecule has 1 aliphatic carbocycles. The molecule has 122 valence electrons. The summed E-state index contributed by atoms with van der Waals surface area (Å²) in [6.07, 6.45) is 3.14. The molecular weight excluding hydrogens is 354 g/mol. The molecule has 1 amide bonds. The first kappa shape index (κ1) is 16.5. The maximum absolute atomic E-state index is 12.6. The minimum Gasteiger partial charge on any atom is -0.323 e. The van der Waals surface area contributed by atoms with Gasteiger partial charge < -0.3 is 5.32 Å². The van der Waals surface area contributed by atoms with Crippen molar-refractivity contribution in [1.29, 1.82) is 5.26 Å². The first-order valence-electron chi connectivity index (χ1n) is 8.06. The van der Waals surface area contributed by atoms with Gasteiger partial charge in [0, 0.05) is 21.8 Å². The molecule has 5 heteroatoms. The molecule has 1 aliphatic heterocycles. The van der Waals surface area contributed by atoms with Gasteiger partial charge in [0.05, 0.1) is 0 Å². The average molecular weight is 376 g/mol. The van der Waals surface area contributed by atoms with E-state index in [1.165, 1.54) is 6.42 Å². The van der Waals surface area contributed by atoms with Gasteiger partial charge in [0.1, 0.15) is 6.07 Å². The zero-order valence-corrected chi connectivity index (χ0v) is 15.3. The van der Waals surface area contributed by atoms with E-state index in [4.69, 9.17) is 0 Å². The second kappa shape index (κ2) is 5.61. The van der Waals surface area contributed by atoms with Gasteiger partial charge in [-0.1, -0.05) is 36.7 Å².